The third-order valence-electron chi connectivity index (χ3n) is 1.95. The van der Waals surface area contributed by atoms with Crippen molar-refractivity contribution in [3.8, 4) is 0 Å². The van der Waals surface area contributed by atoms with Crippen molar-refractivity contribution in [2.24, 2.45) is 0 Å². The normalized spacial score (nSPS) is 11.6. The quantitative estimate of drug-likeness (QED) is 0.619. The molecule has 0 aliphatic heterocycles. The zero-order valence-corrected chi connectivity index (χ0v) is 11.6. The summed E-state index contributed by atoms with van der Waals surface area (Å²) in [7, 11) is -2.92. The summed E-state index contributed by atoms with van der Waals surface area (Å²) in [4.78, 5) is 8.44. The van der Waals surface area contributed by atoms with Gasteiger partial charge in [0.05, 0.1) is 5.75 Å². The molecule has 0 aliphatic carbocycles. The van der Waals surface area contributed by atoms with Crippen molar-refractivity contribution in [1.82, 2.24) is 9.97 Å². The van der Waals surface area contributed by atoms with Gasteiger partial charge in [0, 0.05) is 24.5 Å². The summed E-state index contributed by atoms with van der Waals surface area (Å²) < 4.78 is 22.0. The highest BCUT2D eigenvalue weighted by Crippen LogP contribution is 2.18. The lowest BCUT2D eigenvalue weighted by molar-refractivity contribution is 0.603. The fraction of sp³-hybridized carbons (Fsp3) is 0.600. The van der Waals surface area contributed by atoms with Gasteiger partial charge in [-0.25, -0.2) is 18.4 Å². The molecule has 0 unspecified atom stereocenters. The molecule has 7 heteroatoms. The van der Waals surface area contributed by atoms with Crippen LogP contribution in [-0.2, 0) is 16.3 Å². The molecule has 0 radical (unpaired) electrons. The van der Waals surface area contributed by atoms with Gasteiger partial charge in [-0.3, -0.25) is 0 Å². The summed E-state index contributed by atoms with van der Waals surface area (Å²) in [5, 5.41) is 0.740. The van der Waals surface area contributed by atoms with Gasteiger partial charge in [-0.2, -0.15) is 0 Å². The Morgan fingerprint density at radius 2 is 2.12 bits per heavy atom. The molecular formula is C10H17N3O2S2. The molecule has 5 nitrogen and oxygen atoms in total. The van der Waals surface area contributed by atoms with Crippen LogP contribution in [0.1, 0.15) is 19.2 Å². The molecular weight excluding hydrogens is 258 g/mol. The van der Waals surface area contributed by atoms with Crippen LogP contribution in [0.15, 0.2) is 11.1 Å². The molecule has 17 heavy (non-hydrogen) atoms. The Morgan fingerprint density at radius 3 is 2.71 bits per heavy atom. The van der Waals surface area contributed by atoms with E-state index in [4.69, 9.17) is 5.73 Å². The van der Waals surface area contributed by atoms with E-state index in [1.807, 2.05) is 6.92 Å². The molecule has 96 valence electrons. The van der Waals surface area contributed by atoms with E-state index in [1.54, 1.807) is 6.07 Å². The van der Waals surface area contributed by atoms with Crippen LogP contribution in [0.4, 0.5) is 5.82 Å². The average molecular weight is 275 g/mol. The average Bonchev–Trinajstić information content (AvgIpc) is 2.15. The van der Waals surface area contributed by atoms with Gasteiger partial charge in [-0.05, 0) is 6.42 Å². The first-order valence-electron chi connectivity index (χ1n) is 5.34. The summed E-state index contributed by atoms with van der Waals surface area (Å²) in [5.74, 6) is 1.78. The number of nitrogens with two attached hydrogens (primary N) is 1. The number of sulfone groups is 1. The molecule has 1 aromatic heterocycles. The Labute approximate surface area is 106 Å². The van der Waals surface area contributed by atoms with Crippen LogP contribution in [0.3, 0.4) is 0 Å². The van der Waals surface area contributed by atoms with Crippen LogP contribution >= 0.6 is 11.8 Å². The highest BCUT2D eigenvalue weighted by Gasteiger charge is 2.06. The van der Waals surface area contributed by atoms with Crippen molar-refractivity contribution in [2.75, 3.05) is 23.5 Å². The highest BCUT2D eigenvalue weighted by atomic mass is 32.2. The third-order valence-corrected chi connectivity index (χ3v) is 4.06. The molecule has 0 saturated heterocycles. The van der Waals surface area contributed by atoms with E-state index in [0.29, 0.717) is 17.4 Å². The maximum absolute atomic E-state index is 11.0. The molecule has 0 amide bonds. The van der Waals surface area contributed by atoms with Crippen molar-refractivity contribution >= 4 is 27.4 Å². The topological polar surface area (TPSA) is 85.9 Å². The van der Waals surface area contributed by atoms with E-state index >= 15 is 0 Å². The highest BCUT2D eigenvalue weighted by molar-refractivity contribution is 8.00. The van der Waals surface area contributed by atoms with Crippen molar-refractivity contribution in [1.29, 1.82) is 0 Å². The van der Waals surface area contributed by atoms with Gasteiger partial charge in [-0.1, -0.05) is 6.92 Å². The number of aromatic nitrogens is 2. The van der Waals surface area contributed by atoms with Crippen molar-refractivity contribution in [3.05, 3.63) is 11.9 Å². The summed E-state index contributed by atoms with van der Waals surface area (Å²) in [5.41, 5.74) is 5.66. The van der Waals surface area contributed by atoms with Gasteiger partial charge < -0.3 is 5.73 Å². The number of hydrogen-bond donors (Lipinski definition) is 1. The molecule has 0 fully saturated rings. The molecule has 1 heterocycles. The lowest BCUT2D eigenvalue weighted by Gasteiger charge is -2.04. The van der Waals surface area contributed by atoms with Gasteiger partial charge in [0.1, 0.15) is 26.5 Å². The number of nitrogen functional groups attached to an aromatic ring is 1. The van der Waals surface area contributed by atoms with Crippen LogP contribution in [0.2, 0.25) is 0 Å². The van der Waals surface area contributed by atoms with Crippen LogP contribution < -0.4 is 5.73 Å². The number of nitrogens with zero attached hydrogens (tertiary/aromatic N) is 2. The van der Waals surface area contributed by atoms with E-state index in [-0.39, 0.29) is 5.75 Å². The molecule has 0 atom stereocenters. The van der Waals surface area contributed by atoms with Gasteiger partial charge in [0.15, 0.2) is 0 Å². The van der Waals surface area contributed by atoms with Crippen molar-refractivity contribution in [2.45, 2.75) is 24.8 Å². The van der Waals surface area contributed by atoms with Crippen LogP contribution in [0.5, 0.6) is 0 Å². The molecule has 1 rings (SSSR count). The van der Waals surface area contributed by atoms with Gasteiger partial charge in [0.25, 0.3) is 0 Å². The molecule has 0 bridgehead atoms. The fourth-order valence-electron chi connectivity index (χ4n) is 1.20. The molecule has 0 aliphatic rings. The summed E-state index contributed by atoms with van der Waals surface area (Å²) in [6.07, 6.45) is 2.96. The second kappa shape index (κ2) is 6.20. The fourth-order valence-corrected chi connectivity index (χ4v) is 3.33. The summed E-state index contributed by atoms with van der Waals surface area (Å²) in [6.45, 7) is 2.04. The maximum atomic E-state index is 11.0. The minimum atomic E-state index is -2.92. The standard InChI is InChI=1S/C10H17N3O2S2/c1-3-4-9-12-8(11)7-10(13-9)16-5-6-17(2,14)15/h7H,3-6H2,1-2H3,(H2,11,12,13). The first-order chi connectivity index (χ1) is 7.90. The van der Waals surface area contributed by atoms with E-state index < -0.39 is 9.84 Å². The predicted molar refractivity (Wildman–Crippen MR) is 70.9 cm³/mol. The molecule has 0 saturated carbocycles. The first kappa shape index (κ1) is 14.2. The van der Waals surface area contributed by atoms with Gasteiger partial charge in [0.2, 0.25) is 0 Å². The van der Waals surface area contributed by atoms with Crippen LogP contribution in [0, 0.1) is 0 Å². The Morgan fingerprint density at radius 1 is 1.41 bits per heavy atom. The Balaban J connectivity index is 2.64. The van der Waals surface area contributed by atoms with Gasteiger partial charge >= 0.3 is 0 Å². The number of thioether (sulfide) groups is 1. The minimum Gasteiger partial charge on any atom is -0.384 e. The minimum absolute atomic E-state index is 0.144. The summed E-state index contributed by atoms with van der Waals surface area (Å²) in [6, 6.07) is 1.67. The van der Waals surface area contributed by atoms with E-state index in [0.717, 1.165) is 17.9 Å². The van der Waals surface area contributed by atoms with E-state index in [2.05, 4.69) is 9.97 Å². The smallest absolute Gasteiger partial charge is 0.148 e. The lowest BCUT2D eigenvalue weighted by Crippen LogP contribution is -2.06. The Hall–Kier alpha value is -0.820. The molecule has 0 spiro atoms. The van der Waals surface area contributed by atoms with Crippen LogP contribution in [0.25, 0.3) is 0 Å². The third kappa shape index (κ3) is 5.88. The SMILES string of the molecule is CCCc1nc(N)cc(SCCS(C)(=O)=O)n1. The van der Waals surface area contributed by atoms with Crippen LogP contribution in [-0.4, -0.2) is 36.1 Å². The summed E-state index contributed by atoms with van der Waals surface area (Å²) >= 11 is 1.39. The monoisotopic (exact) mass is 275 g/mol. The van der Waals surface area contributed by atoms with E-state index in [9.17, 15) is 8.42 Å². The number of hydrogen-bond acceptors (Lipinski definition) is 6. The molecule has 0 aromatic carbocycles. The number of aryl methyl sites for hydroxylation is 1. The Kier molecular flexibility index (Phi) is 5.20. The molecule has 2 N–H and O–H groups in total. The molecule has 1 aromatic rings. The van der Waals surface area contributed by atoms with Gasteiger partial charge in [-0.15, -0.1) is 11.8 Å². The predicted octanol–water partition coefficient (Wildman–Crippen LogP) is 1.15. The second-order valence-corrected chi connectivity index (χ2v) is 7.15. The number of anilines is 1. The largest absolute Gasteiger partial charge is 0.384 e. The second-order valence-electron chi connectivity index (χ2n) is 3.78. The number of rotatable bonds is 6. The maximum Gasteiger partial charge on any atom is 0.148 e. The Bertz CT molecular complexity index is 474. The zero-order chi connectivity index (χ0) is 12.9. The van der Waals surface area contributed by atoms with E-state index in [1.165, 1.54) is 18.0 Å². The van der Waals surface area contributed by atoms with Crippen molar-refractivity contribution in [3.63, 3.8) is 0 Å². The lowest BCUT2D eigenvalue weighted by atomic mass is 10.3. The zero-order valence-electron chi connectivity index (χ0n) is 10.0. The van der Waals surface area contributed by atoms with Crippen molar-refractivity contribution < 1.29 is 8.42 Å². The first-order valence-corrected chi connectivity index (χ1v) is 8.39.